The number of nitrogens with one attached hydrogen (secondary N) is 1. The van der Waals surface area contributed by atoms with Crippen molar-refractivity contribution in [2.24, 2.45) is 0 Å². The van der Waals surface area contributed by atoms with E-state index in [1.54, 1.807) is 42.5 Å². The summed E-state index contributed by atoms with van der Waals surface area (Å²) in [6.07, 6.45) is 0.821. The van der Waals surface area contributed by atoms with Gasteiger partial charge in [-0.2, -0.15) is 0 Å². The topological polar surface area (TPSA) is 55.4 Å². The van der Waals surface area contributed by atoms with E-state index in [2.05, 4.69) is 5.32 Å². The van der Waals surface area contributed by atoms with Crippen molar-refractivity contribution in [3.63, 3.8) is 0 Å². The lowest BCUT2D eigenvalue weighted by Crippen LogP contribution is -2.33. The summed E-state index contributed by atoms with van der Waals surface area (Å²) in [6.45, 7) is 0. The lowest BCUT2D eigenvalue weighted by molar-refractivity contribution is -0.156. The van der Waals surface area contributed by atoms with Crippen LogP contribution in [0.4, 0.5) is 0 Å². The molecule has 4 nitrogen and oxygen atoms in total. The van der Waals surface area contributed by atoms with Crippen molar-refractivity contribution in [1.29, 1.82) is 0 Å². The van der Waals surface area contributed by atoms with Crippen LogP contribution in [-0.4, -0.2) is 17.9 Å². The maximum Gasteiger partial charge on any atom is 0.311 e. The van der Waals surface area contributed by atoms with E-state index in [1.165, 1.54) is 0 Å². The Kier molecular flexibility index (Phi) is 5.61. The van der Waals surface area contributed by atoms with Gasteiger partial charge in [0, 0.05) is 27.2 Å². The van der Waals surface area contributed by atoms with Crippen LogP contribution in [0.25, 0.3) is 0 Å². The van der Waals surface area contributed by atoms with Gasteiger partial charge in [-0.05, 0) is 25.0 Å². The molecule has 2 aromatic carbocycles. The zero-order valence-electron chi connectivity index (χ0n) is 13.4. The van der Waals surface area contributed by atoms with Crippen LogP contribution in [0.15, 0.2) is 48.5 Å². The fourth-order valence-corrected chi connectivity index (χ4v) is 2.96. The number of halogens is 2. The summed E-state index contributed by atoms with van der Waals surface area (Å²) in [7, 11) is 0. The number of hydrogen-bond donors (Lipinski definition) is 1. The van der Waals surface area contributed by atoms with Gasteiger partial charge in [-0.15, -0.1) is 0 Å². The lowest BCUT2D eigenvalue weighted by atomic mass is 10.1. The Bertz CT molecular complexity index is 755. The maximum atomic E-state index is 12.5. The molecule has 1 amide bonds. The third-order valence-corrected chi connectivity index (χ3v) is 4.60. The first-order valence-corrected chi connectivity index (χ1v) is 8.78. The van der Waals surface area contributed by atoms with Gasteiger partial charge in [0.25, 0.3) is 5.91 Å². The summed E-state index contributed by atoms with van der Waals surface area (Å²) in [5.41, 5.74) is 1.12. The van der Waals surface area contributed by atoms with E-state index in [0.29, 0.717) is 21.2 Å². The van der Waals surface area contributed by atoms with E-state index >= 15 is 0 Å². The molecule has 1 N–H and O–H groups in total. The Morgan fingerprint density at radius 3 is 2.28 bits per heavy atom. The molecule has 0 saturated heterocycles. The maximum absolute atomic E-state index is 12.5. The van der Waals surface area contributed by atoms with Crippen molar-refractivity contribution < 1.29 is 14.3 Å². The van der Waals surface area contributed by atoms with Gasteiger partial charge >= 0.3 is 5.97 Å². The third kappa shape index (κ3) is 4.74. The van der Waals surface area contributed by atoms with Gasteiger partial charge in [-0.1, -0.05) is 59.6 Å². The summed E-state index contributed by atoms with van der Waals surface area (Å²) >= 11 is 12.2. The Morgan fingerprint density at radius 2 is 1.68 bits per heavy atom. The molecule has 6 heteroatoms. The molecule has 0 aromatic heterocycles. The van der Waals surface area contributed by atoms with Gasteiger partial charge in [-0.3, -0.25) is 9.59 Å². The van der Waals surface area contributed by atoms with Gasteiger partial charge in [0.2, 0.25) is 6.10 Å². The second kappa shape index (κ2) is 7.89. The first-order chi connectivity index (χ1) is 12.0. The fraction of sp³-hybridized carbons (Fsp3) is 0.263. The second-order valence-corrected chi connectivity index (χ2v) is 6.75. The Labute approximate surface area is 156 Å². The number of ether oxygens (including phenoxy) is 1. The molecule has 25 heavy (non-hydrogen) atoms. The minimum Gasteiger partial charge on any atom is -0.447 e. The van der Waals surface area contributed by atoms with Crippen molar-refractivity contribution >= 4 is 35.1 Å². The smallest absolute Gasteiger partial charge is 0.311 e. The molecule has 0 heterocycles. The predicted molar refractivity (Wildman–Crippen MR) is 96.6 cm³/mol. The zero-order valence-corrected chi connectivity index (χ0v) is 14.9. The normalized spacial score (nSPS) is 14.6. The van der Waals surface area contributed by atoms with Crippen LogP contribution in [0.5, 0.6) is 0 Å². The van der Waals surface area contributed by atoms with Gasteiger partial charge in [0.15, 0.2) is 0 Å². The highest BCUT2D eigenvalue weighted by atomic mass is 35.5. The molecule has 130 valence electrons. The molecule has 1 aliphatic carbocycles. The summed E-state index contributed by atoms with van der Waals surface area (Å²) in [4.78, 5) is 24.9. The molecular weight excluding hydrogens is 361 g/mol. The highest BCUT2D eigenvalue weighted by molar-refractivity contribution is 6.36. The summed E-state index contributed by atoms with van der Waals surface area (Å²) in [6, 6.07) is 14.1. The Morgan fingerprint density at radius 1 is 1.04 bits per heavy atom. The van der Waals surface area contributed by atoms with E-state index in [9.17, 15) is 9.59 Å². The molecule has 1 saturated carbocycles. The van der Waals surface area contributed by atoms with Crippen molar-refractivity contribution in [1.82, 2.24) is 5.32 Å². The molecule has 3 rings (SSSR count). The van der Waals surface area contributed by atoms with Gasteiger partial charge in [-0.25, -0.2) is 0 Å². The van der Waals surface area contributed by atoms with Crippen LogP contribution in [0.3, 0.4) is 0 Å². The predicted octanol–water partition coefficient (Wildman–Crippen LogP) is 4.10. The van der Waals surface area contributed by atoms with E-state index in [0.717, 1.165) is 12.8 Å². The SMILES string of the molecule is O=C(Cc1c(Cl)cccc1Cl)O[C@@H](C(=O)NC1CC1)c1ccccc1. The molecule has 1 atom stereocenters. The number of benzene rings is 2. The zero-order chi connectivity index (χ0) is 17.8. The first kappa shape index (κ1) is 17.8. The first-order valence-electron chi connectivity index (χ1n) is 8.02. The molecule has 0 aliphatic heterocycles. The van der Waals surface area contributed by atoms with Crippen LogP contribution in [0, 0.1) is 0 Å². The van der Waals surface area contributed by atoms with Crippen LogP contribution >= 0.6 is 23.2 Å². The van der Waals surface area contributed by atoms with E-state index in [4.69, 9.17) is 27.9 Å². The Hall–Kier alpha value is -2.04. The van der Waals surface area contributed by atoms with Gasteiger partial charge in [0.1, 0.15) is 0 Å². The fourth-order valence-electron chi connectivity index (χ4n) is 2.42. The lowest BCUT2D eigenvalue weighted by Gasteiger charge is -2.18. The Balaban J connectivity index is 1.75. The molecule has 0 unspecified atom stereocenters. The molecule has 1 aliphatic rings. The van der Waals surface area contributed by atoms with Gasteiger partial charge < -0.3 is 10.1 Å². The van der Waals surface area contributed by atoms with Crippen molar-refractivity contribution in [2.75, 3.05) is 0 Å². The highest BCUT2D eigenvalue weighted by Crippen LogP contribution is 2.27. The second-order valence-electron chi connectivity index (χ2n) is 5.94. The van der Waals surface area contributed by atoms with Crippen molar-refractivity contribution in [3.05, 3.63) is 69.7 Å². The number of hydrogen-bond acceptors (Lipinski definition) is 3. The van der Waals surface area contributed by atoms with Crippen LogP contribution in [0.2, 0.25) is 10.0 Å². The summed E-state index contributed by atoms with van der Waals surface area (Å²) in [5.74, 6) is -0.873. The van der Waals surface area contributed by atoms with Crippen LogP contribution in [-0.2, 0) is 20.7 Å². The molecule has 2 aromatic rings. The quantitative estimate of drug-likeness (QED) is 0.770. The minimum absolute atomic E-state index is 0.0987. The van der Waals surface area contributed by atoms with Crippen molar-refractivity contribution in [2.45, 2.75) is 31.4 Å². The number of amides is 1. The standard InChI is InChI=1S/C19H17Cl2NO3/c20-15-7-4-8-16(21)14(15)11-17(23)25-18(12-5-2-1-3-6-12)19(24)22-13-9-10-13/h1-8,13,18H,9-11H2,(H,22,24)/t18-/m1/s1. The largest absolute Gasteiger partial charge is 0.447 e. The van der Waals surface area contributed by atoms with E-state index in [-0.39, 0.29) is 18.4 Å². The highest BCUT2D eigenvalue weighted by Gasteiger charge is 2.31. The molecule has 0 spiro atoms. The molecular formula is C19H17Cl2NO3. The number of carbonyl (C=O) groups excluding carboxylic acids is 2. The van der Waals surface area contributed by atoms with E-state index < -0.39 is 12.1 Å². The number of esters is 1. The number of carbonyl (C=O) groups is 2. The van der Waals surface area contributed by atoms with Gasteiger partial charge in [0.05, 0.1) is 6.42 Å². The van der Waals surface area contributed by atoms with E-state index in [1.807, 2.05) is 6.07 Å². The minimum atomic E-state index is -0.990. The number of rotatable bonds is 6. The third-order valence-electron chi connectivity index (χ3n) is 3.90. The average Bonchev–Trinajstić information content (AvgIpc) is 3.41. The van der Waals surface area contributed by atoms with Crippen LogP contribution in [0.1, 0.15) is 30.1 Å². The van der Waals surface area contributed by atoms with Crippen molar-refractivity contribution in [3.8, 4) is 0 Å². The molecule has 1 fully saturated rings. The average molecular weight is 378 g/mol. The monoisotopic (exact) mass is 377 g/mol. The summed E-state index contributed by atoms with van der Waals surface area (Å²) in [5, 5.41) is 3.66. The molecule has 0 bridgehead atoms. The summed E-state index contributed by atoms with van der Waals surface area (Å²) < 4.78 is 5.47. The molecule has 0 radical (unpaired) electrons. The van der Waals surface area contributed by atoms with Crippen LogP contribution < -0.4 is 5.32 Å².